The molecule has 0 spiro atoms. The number of nitrogens with one attached hydrogen (secondary N) is 2. The average Bonchev–Trinajstić information content (AvgIpc) is 2.56. The molecule has 2 N–H and O–H groups in total. The van der Waals surface area contributed by atoms with Crippen molar-refractivity contribution in [3.8, 4) is 0 Å². The number of pyridine rings is 1. The highest BCUT2D eigenvalue weighted by atomic mass is 15.1. The van der Waals surface area contributed by atoms with Crippen LogP contribution in [0, 0.1) is 13.8 Å². The van der Waals surface area contributed by atoms with Gasteiger partial charge in [0.1, 0.15) is 17.5 Å². The summed E-state index contributed by atoms with van der Waals surface area (Å²) < 4.78 is 0. The van der Waals surface area contributed by atoms with Crippen LogP contribution in [0.3, 0.4) is 0 Å². The number of aromatic nitrogens is 3. The minimum atomic E-state index is 0.697. The van der Waals surface area contributed by atoms with Gasteiger partial charge >= 0.3 is 0 Å². The second-order valence-corrected chi connectivity index (χ2v) is 5.33. The summed E-state index contributed by atoms with van der Waals surface area (Å²) in [7, 11) is 0. The lowest BCUT2D eigenvalue weighted by molar-refractivity contribution is 1.02. The van der Waals surface area contributed by atoms with Gasteiger partial charge in [0.05, 0.1) is 0 Å². The SMILES string of the molecule is Cc1nc(NCc2ccncc2)cc(Nc2ccccc2C)n1. The van der Waals surface area contributed by atoms with Crippen molar-refractivity contribution in [3.63, 3.8) is 0 Å². The number of benzene rings is 1. The molecule has 0 amide bonds. The third kappa shape index (κ3) is 4.03. The van der Waals surface area contributed by atoms with E-state index < -0.39 is 0 Å². The van der Waals surface area contributed by atoms with Crippen molar-refractivity contribution in [2.45, 2.75) is 20.4 Å². The van der Waals surface area contributed by atoms with E-state index in [0.717, 1.165) is 28.7 Å². The van der Waals surface area contributed by atoms with Gasteiger partial charge in [-0.15, -0.1) is 0 Å². The highest BCUT2D eigenvalue weighted by Gasteiger charge is 2.04. The monoisotopic (exact) mass is 305 g/mol. The standard InChI is InChI=1S/C18H19N5/c1-13-5-3-4-6-16(13)23-18-11-17(21-14(2)22-18)20-12-15-7-9-19-10-8-15/h3-11H,12H2,1-2H3,(H2,20,21,22,23). The Morgan fingerprint density at radius 3 is 2.43 bits per heavy atom. The predicted molar refractivity (Wildman–Crippen MR) is 92.8 cm³/mol. The Balaban J connectivity index is 1.75. The van der Waals surface area contributed by atoms with E-state index in [1.165, 1.54) is 5.56 Å². The van der Waals surface area contributed by atoms with Crippen molar-refractivity contribution in [1.29, 1.82) is 0 Å². The Bertz CT molecular complexity index is 786. The second kappa shape index (κ2) is 6.87. The van der Waals surface area contributed by atoms with E-state index in [1.54, 1.807) is 12.4 Å². The molecule has 0 radical (unpaired) electrons. The van der Waals surface area contributed by atoms with E-state index in [1.807, 2.05) is 43.3 Å². The highest BCUT2D eigenvalue weighted by molar-refractivity contribution is 5.62. The van der Waals surface area contributed by atoms with E-state index in [0.29, 0.717) is 6.54 Å². The molecule has 5 heteroatoms. The molecule has 0 aliphatic heterocycles. The normalized spacial score (nSPS) is 10.3. The van der Waals surface area contributed by atoms with Gasteiger partial charge in [-0.25, -0.2) is 9.97 Å². The zero-order chi connectivity index (χ0) is 16.1. The molecule has 2 heterocycles. The molecule has 0 saturated heterocycles. The van der Waals surface area contributed by atoms with E-state index in [2.05, 4.69) is 38.6 Å². The fraction of sp³-hybridized carbons (Fsp3) is 0.167. The molecule has 0 unspecified atom stereocenters. The minimum Gasteiger partial charge on any atom is -0.366 e. The molecule has 0 aliphatic rings. The maximum Gasteiger partial charge on any atom is 0.136 e. The fourth-order valence-corrected chi connectivity index (χ4v) is 2.27. The first kappa shape index (κ1) is 15.0. The topological polar surface area (TPSA) is 62.7 Å². The number of hydrogen-bond acceptors (Lipinski definition) is 5. The molecule has 3 rings (SSSR count). The van der Waals surface area contributed by atoms with Gasteiger partial charge in [-0.1, -0.05) is 18.2 Å². The molecule has 0 atom stereocenters. The summed E-state index contributed by atoms with van der Waals surface area (Å²) in [5.41, 5.74) is 3.38. The Hall–Kier alpha value is -2.95. The lowest BCUT2D eigenvalue weighted by Crippen LogP contribution is -2.05. The maximum absolute atomic E-state index is 4.45. The smallest absolute Gasteiger partial charge is 0.136 e. The van der Waals surface area contributed by atoms with Crippen molar-refractivity contribution in [2.75, 3.05) is 10.6 Å². The Labute approximate surface area is 135 Å². The van der Waals surface area contributed by atoms with E-state index in [4.69, 9.17) is 0 Å². The van der Waals surface area contributed by atoms with Crippen LogP contribution >= 0.6 is 0 Å². The zero-order valence-electron chi connectivity index (χ0n) is 13.2. The lowest BCUT2D eigenvalue weighted by atomic mass is 10.2. The number of hydrogen-bond donors (Lipinski definition) is 2. The van der Waals surface area contributed by atoms with Crippen molar-refractivity contribution in [2.24, 2.45) is 0 Å². The van der Waals surface area contributed by atoms with Crippen LogP contribution in [0.4, 0.5) is 17.3 Å². The molecule has 116 valence electrons. The van der Waals surface area contributed by atoms with Crippen molar-refractivity contribution in [3.05, 3.63) is 71.8 Å². The van der Waals surface area contributed by atoms with Crippen molar-refractivity contribution in [1.82, 2.24) is 15.0 Å². The predicted octanol–water partition coefficient (Wildman–Crippen LogP) is 3.84. The lowest BCUT2D eigenvalue weighted by Gasteiger charge is -2.11. The Morgan fingerprint density at radius 1 is 0.913 bits per heavy atom. The summed E-state index contributed by atoms with van der Waals surface area (Å²) in [6.07, 6.45) is 3.57. The van der Waals surface area contributed by atoms with Crippen LogP contribution in [-0.2, 0) is 6.54 Å². The number of nitrogens with zero attached hydrogens (tertiary/aromatic N) is 3. The third-order valence-electron chi connectivity index (χ3n) is 3.47. The van der Waals surface area contributed by atoms with Gasteiger partial charge in [-0.3, -0.25) is 4.98 Å². The largest absolute Gasteiger partial charge is 0.366 e. The van der Waals surface area contributed by atoms with Gasteiger partial charge < -0.3 is 10.6 Å². The summed E-state index contributed by atoms with van der Waals surface area (Å²) in [4.78, 5) is 12.9. The van der Waals surface area contributed by atoms with E-state index in [-0.39, 0.29) is 0 Å². The maximum atomic E-state index is 4.45. The first-order valence-corrected chi connectivity index (χ1v) is 7.52. The number of anilines is 3. The fourth-order valence-electron chi connectivity index (χ4n) is 2.27. The molecule has 23 heavy (non-hydrogen) atoms. The summed E-state index contributed by atoms with van der Waals surface area (Å²) in [6, 6.07) is 14.0. The van der Waals surface area contributed by atoms with Crippen LogP contribution in [-0.4, -0.2) is 15.0 Å². The molecule has 0 bridgehead atoms. The summed E-state index contributed by atoms with van der Waals surface area (Å²) >= 11 is 0. The Morgan fingerprint density at radius 2 is 1.65 bits per heavy atom. The Kier molecular flexibility index (Phi) is 4.47. The molecule has 5 nitrogen and oxygen atoms in total. The number of aryl methyl sites for hydroxylation is 2. The average molecular weight is 305 g/mol. The molecular weight excluding hydrogens is 286 g/mol. The molecular formula is C18H19N5. The first-order chi connectivity index (χ1) is 11.2. The van der Waals surface area contributed by atoms with Crippen LogP contribution < -0.4 is 10.6 Å². The van der Waals surface area contributed by atoms with Crippen LogP contribution in [0.25, 0.3) is 0 Å². The van der Waals surface area contributed by atoms with Crippen LogP contribution in [0.15, 0.2) is 54.9 Å². The summed E-state index contributed by atoms with van der Waals surface area (Å²) in [5, 5.41) is 6.67. The molecule has 3 aromatic rings. The zero-order valence-corrected chi connectivity index (χ0v) is 13.2. The van der Waals surface area contributed by atoms with Crippen LogP contribution in [0.1, 0.15) is 17.0 Å². The quantitative estimate of drug-likeness (QED) is 0.750. The van der Waals surface area contributed by atoms with E-state index in [9.17, 15) is 0 Å². The summed E-state index contributed by atoms with van der Waals surface area (Å²) in [5.74, 6) is 2.30. The van der Waals surface area contributed by atoms with Gasteiger partial charge in [0.25, 0.3) is 0 Å². The van der Waals surface area contributed by atoms with Gasteiger partial charge in [0, 0.05) is 30.7 Å². The number of para-hydroxylation sites is 1. The molecule has 0 aliphatic carbocycles. The third-order valence-corrected chi connectivity index (χ3v) is 3.47. The highest BCUT2D eigenvalue weighted by Crippen LogP contribution is 2.20. The van der Waals surface area contributed by atoms with Gasteiger partial charge in [0.15, 0.2) is 0 Å². The molecule has 0 saturated carbocycles. The first-order valence-electron chi connectivity index (χ1n) is 7.52. The number of rotatable bonds is 5. The van der Waals surface area contributed by atoms with Gasteiger partial charge in [-0.05, 0) is 43.2 Å². The minimum absolute atomic E-state index is 0.697. The van der Waals surface area contributed by atoms with Gasteiger partial charge in [0.2, 0.25) is 0 Å². The van der Waals surface area contributed by atoms with Crippen LogP contribution in [0.2, 0.25) is 0 Å². The molecule has 1 aromatic carbocycles. The second-order valence-electron chi connectivity index (χ2n) is 5.33. The van der Waals surface area contributed by atoms with E-state index >= 15 is 0 Å². The summed E-state index contributed by atoms with van der Waals surface area (Å²) in [6.45, 7) is 4.66. The van der Waals surface area contributed by atoms with Crippen LogP contribution in [0.5, 0.6) is 0 Å². The van der Waals surface area contributed by atoms with Crippen molar-refractivity contribution < 1.29 is 0 Å². The van der Waals surface area contributed by atoms with Crippen molar-refractivity contribution >= 4 is 17.3 Å². The molecule has 2 aromatic heterocycles. The molecule has 0 fully saturated rings. The van der Waals surface area contributed by atoms with Gasteiger partial charge in [-0.2, -0.15) is 0 Å².